The first-order chi connectivity index (χ1) is 14.9. The summed E-state index contributed by atoms with van der Waals surface area (Å²) >= 11 is 0. The van der Waals surface area contributed by atoms with E-state index in [0.717, 1.165) is 35.1 Å². The minimum atomic E-state index is -3.65. The molecule has 0 saturated carbocycles. The number of aromatic nitrogens is 4. The van der Waals surface area contributed by atoms with Gasteiger partial charge in [0, 0.05) is 41.8 Å². The van der Waals surface area contributed by atoms with Gasteiger partial charge in [-0.25, -0.2) is 12.8 Å². The lowest BCUT2D eigenvalue weighted by molar-refractivity contribution is 0.399. The van der Waals surface area contributed by atoms with Crippen molar-refractivity contribution in [2.45, 2.75) is 30.8 Å². The molecule has 2 aromatic carbocycles. The molecule has 1 unspecified atom stereocenters. The van der Waals surface area contributed by atoms with Gasteiger partial charge < -0.3 is 4.57 Å². The summed E-state index contributed by atoms with van der Waals surface area (Å²) in [4.78, 5) is 0.133. The molecule has 0 spiro atoms. The van der Waals surface area contributed by atoms with Gasteiger partial charge >= 0.3 is 0 Å². The fourth-order valence-corrected chi connectivity index (χ4v) is 6.17. The van der Waals surface area contributed by atoms with Crippen LogP contribution < -0.4 is 0 Å². The molecule has 7 nitrogen and oxygen atoms in total. The molecule has 1 saturated heterocycles. The van der Waals surface area contributed by atoms with Crippen molar-refractivity contribution in [3.63, 3.8) is 0 Å². The van der Waals surface area contributed by atoms with Crippen molar-refractivity contribution < 1.29 is 12.8 Å². The first-order valence-electron chi connectivity index (χ1n) is 10.1. The quantitative estimate of drug-likeness (QED) is 0.514. The number of sulfonamides is 1. The van der Waals surface area contributed by atoms with E-state index in [4.69, 9.17) is 0 Å². The number of aromatic amines is 1. The minimum Gasteiger partial charge on any atom is -0.347 e. The number of H-pyrrole nitrogens is 1. The average molecular weight is 440 g/mol. The summed E-state index contributed by atoms with van der Waals surface area (Å²) in [7, 11) is -3.65. The van der Waals surface area contributed by atoms with Crippen LogP contribution in [0.3, 0.4) is 0 Å². The van der Waals surface area contributed by atoms with Gasteiger partial charge in [-0.05, 0) is 61.7 Å². The largest absolute Gasteiger partial charge is 0.347 e. The van der Waals surface area contributed by atoms with Gasteiger partial charge in [0.25, 0.3) is 0 Å². The van der Waals surface area contributed by atoms with E-state index in [9.17, 15) is 12.8 Å². The van der Waals surface area contributed by atoms with E-state index in [2.05, 4.69) is 38.2 Å². The first-order valence-corrected chi connectivity index (χ1v) is 11.6. The van der Waals surface area contributed by atoms with Crippen LogP contribution in [0.4, 0.5) is 4.39 Å². The van der Waals surface area contributed by atoms with Gasteiger partial charge in [0.1, 0.15) is 11.5 Å². The molecule has 1 N–H and O–H groups in total. The molecule has 2 aromatic heterocycles. The Morgan fingerprint density at radius 1 is 1.16 bits per heavy atom. The Hall–Kier alpha value is -3.04. The second-order valence-electron chi connectivity index (χ2n) is 8.08. The Morgan fingerprint density at radius 3 is 2.71 bits per heavy atom. The summed E-state index contributed by atoms with van der Waals surface area (Å²) in [5.74, 6) is -0.256. The Balaban J connectivity index is 1.35. The molecule has 1 fully saturated rings. The minimum absolute atomic E-state index is 0.111. The van der Waals surface area contributed by atoms with Gasteiger partial charge in [-0.3, -0.25) is 0 Å². The lowest BCUT2D eigenvalue weighted by Gasteiger charge is -2.21. The van der Waals surface area contributed by atoms with Crippen LogP contribution in [-0.2, 0) is 16.6 Å². The molecule has 0 bridgehead atoms. The monoisotopic (exact) mass is 439 g/mol. The third kappa shape index (κ3) is 3.64. The van der Waals surface area contributed by atoms with Crippen molar-refractivity contribution in [1.29, 1.82) is 0 Å². The van der Waals surface area contributed by atoms with Gasteiger partial charge in [-0.1, -0.05) is 6.07 Å². The molecule has 160 valence electrons. The van der Waals surface area contributed by atoms with E-state index in [-0.39, 0.29) is 16.9 Å². The summed E-state index contributed by atoms with van der Waals surface area (Å²) in [5, 5.41) is 11.7. The molecule has 1 aliphatic heterocycles. The lowest BCUT2D eigenvalue weighted by Crippen LogP contribution is -2.34. The predicted molar refractivity (Wildman–Crippen MR) is 115 cm³/mol. The highest BCUT2D eigenvalue weighted by molar-refractivity contribution is 7.89. The number of hydrogen-bond acceptors (Lipinski definition) is 4. The Labute approximate surface area is 179 Å². The summed E-state index contributed by atoms with van der Waals surface area (Å²) in [6, 6.07) is 13.1. The molecular formula is C22H22FN5O2S. The fourth-order valence-electron chi connectivity index (χ4n) is 4.46. The SMILES string of the molecule is C[C@@H]1CC(Cn2ccc3cc(-c4cn[nH]n4)ccc32)CN1S(=O)(=O)c1ccc(F)cc1. The van der Waals surface area contributed by atoms with E-state index in [1.165, 1.54) is 24.3 Å². The zero-order valence-corrected chi connectivity index (χ0v) is 17.8. The van der Waals surface area contributed by atoms with Crippen molar-refractivity contribution >= 4 is 20.9 Å². The molecule has 1 aliphatic rings. The zero-order valence-electron chi connectivity index (χ0n) is 16.9. The number of benzene rings is 2. The molecule has 2 atom stereocenters. The number of fused-ring (bicyclic) bond motifs is 1. The number of hydrogen-bond donors (Lipinski definition) is 1. The number of halogens is 1. The van der Waals surface area contributed by atoms with E-state index in [1.807, 2.05) is 19.2 Å². The molecule has 0 aliphatic carbocycles. The van der Waals surface area contributed by atoms with E-state index in [1.54, 1.807) is 10.5 Å². The van der Waals surface area contributed by atoms with Crippen LogP contribution in [0.5, 0.6) is 0 Å². The van der Waals surface area contributed by atoms with E-state index < -0.39 is 15.8 Å². The third-order valence-corrected chi connectivity index (χ3v) is 7.96. The maximum absolute atomic E-state index is 13.2. The maximum atomic E-state index is 13.2. The van der Waals surface area contributed by atoms with Crippen LogP contribution in [0.25, 0.3) is 22.2 Å². The molecule has 0 amide bonds. The molecule has 0 radical (unpaired) electrons. The van der Waals surface area contributed by atoms with Crippen LogP contribution in [0, 0.1) is 11.7 Å². The van der Waals surface area contributed by atoms with Gasteiger partial charge in [0.05, 0.1) is 11.1 Å². The lowest BCUT2D eigenvalue weighted by atomic mass is 10.1. The zero-order chi connectivity index (χ0) is 21.6. The highest BCUT2D eigenvalue weighted by atomic mass is 32.2. The summed E-state index contributed by atoms with van der Waals surface area (Å²) in [6.45, 7) is 3.10. The van der Waals surface area contributed by atoms with Crippen molar-refractivity contribution in [2.24, 2.45) is 5.92 Å². The van der Waals surface area contributed by atoms with Crippen molar-refractivity contribution in [2.75, 3.05) is 6.54 Å². The number of nitrogens with zero attached hydrogens (tertiary/aromatic N) is 4. The highest BCUT2D eigenvalue weighted by Crippen LogP contribution is 2.32. The normalized spacial score (nSPS) is 19.9. The smallest absolute Gasteiger partial charge is 0.243 e. The van der Waals surface area contributed by atoms with E-state index in [0.29, 0.717) is 6.54 Å². The summed E-state index contributed by atoms with van der Waals surface area (Å²) in [6.07, 6.45) is 4.50. The molecule has 31 heavy (non-hydrogen) atoms. The van der Waals surface area contributed by atoms with E-state index >= 15 is 0 Å². The van der Waals surface area contributed by atoms with Crippen molar-refractivity contribution in [3.8, 4) is 11.3 Å². The molecule has 4 aromatic rings. The Kier molecular flexibility index (Phi) is 4.86. The van der Waals surface area contributed by atoms with Gasteiger partial charge in [0.15, 0.2) is 0 Å². The third-order valence-electron chi connectivity index (χ3n) is 5.96. The summed E-state index contributed by atoms with van der Waals surface area (Å²) in [5.41, 5.74) is 2.88. The van der Waals surface area contributed by atoms with Crippen molar-refractivity contribution in [3.05, 3.63) is 66.7 Å². The Morgan fingerprint density at radius 2 is 1.97 bits per heavy atom. The second kappa shape index (κ2) is 7.58. The topological polar surface area (TPSA) is 83.9 Å². The second-order valence-corrected chi connectivity index (χ2v) is 9.97. The van der Waals surface area contributed by atoms with Crippen LogP contribution in [0.15, 0.2) is 65.8 Å². The first kappa shape index (κ1) is 19.9. The number of rotatable bonds is 5. The van der Waals surface area contributed by atoms with Gasteiger partial charge in [-0.15, -0.1) is 0 Å². The molecule has 9 heteroatoms. The van der Waals surface area contributed by atoms with Crippen LogP contribution in [-0.4, -0.2) is 45.3 Å². The summed E-state index contributed by atoms with van der Waals surface area (Å²) < 4.78 is 43.0. The maximum Gasteiger partial charge on any atom is 0.243 e. The van der Waals surface area contributed by atoms with Gasteiger partial charge in [0.2, 0.25) is 10.0 Å². The fraction of sp³-hybridized carbons (Fsp3) is 0.273. The molecule has 5 rings (SSSR count). The van der Waals surface area contributed by atoms with Crippen LogP contribution in [0.1, 0.15) is 13.3 Å². The Bertz CT molecular complexity index is 1320. The van der Waals surface area contributed by atoms with Gasteiger partial charge in [-0.2, -0.15) is 19.7 Å². The predicted octanol–water partition coefficient (Wildman–Crippen LogP) is 3.66. The number of nitrogens with one attached hydrogen (secondary N) is 1. The standard InChI is InChI=1S/C22H22FN5O2S/c1-15-10-16(14-28(15)31(29,30)20-5-3-19(23)4-6-20)13-27-9-8-18-11-17(2-7-22(18)27)21-12-24-26-25-21/h2-9,11-12,15-16H,10,13-14H2,1H3,(H,24,25,26)/t15-,16?/m1/s1. The highest BCUT2D eigenvalue weighted by Gasteiger charge is 2.38. The van der Waals surface area contributed by atoms with Crippen LogP contribution >= 0.6 is 0 Å². The van der Waals surface area contributed by atoms with Crippen molar-refractivity contribution in [1.82, 2.24) is 24.3 Å². The molecule has 3 heterocycles. The van der Waals surface area contributed by atoms with Crippen LogP contribution in [0.2, 0.25) is 0 Å². The molecular weight excluding hydrogens is 417 g/mol. The average Bonchev–Trinajstić information content (AvgIpc) is 3.49.